The molecule has 0 aromatic heterocycles. The van der Waals surface area contributed by atoms with Crippen molar-refractivity contribution in [2.75, 3.05) is 13.1 Å². The average molecular weight is 349 g/mol. The van der Waals surface area contributed by atoms with Gasteiger partial charge in [0.15, 0.2) is 5.76 Å². The number of aromatic hydroxyl groups is 1. The van der Waals surface area contributed by atoms with Crippen molar-refractivity contribution in [1.29, 1.82) is 0 Å². The van der Waals surface area contributed by atoms with Gasteiger partial charge in [0.1, 0.15) is 11.5 Å². The number of ether oxygens (including phenoxy) is 1. The molecule has 0 saturated carbocycles. The lowest BCUT2D eigenvalue weighted by molar-refractivity contribution is 0.101. The fourth-order valence-electron chi connectivity index (χ4n) is 3.80. The molecule has 2 aromatic carbocycles. The molecule has 1 unspecified atom stereocenters. The van der Waals surface area contributed by atoms with E-state index in [-0.39, 0.29) is 11.5 Å². The molecule has 134 valence electrons. The number of carbonyl (C=O) groups is 1. The summed E-state index contributed by atoms with van der Waals surface area (Å²) in [5.41, 5.74) is 2.16. The van der Waals surface area contributed by atoms with Crippen LogP contribution >= 0.6 is 0 Å². The van der Waals surface area contributed by atoms with Gasteiger partial charge in [-0.25, -0.2) is 0 Å². The number of fused-ring (bicyclic) bond motifs is 1. The van der Waals surface area contributed by atoms with E-state index in [2.05, 4.69) is 11.8 Å². The Morgan fingerprint density at radius 1 is 1.23 bits per heavy atom. The number of Topliss-reactive ketones (excluding diaryl/α,β-unsaturated/α-hetero) is 1. The van der Waals surface area contributed by atoms with E-state index in [4.69, 9.17) is 4.74 Å². The third-order valence-corrected chi connectivity index (χ3v) is 5.14. The lowest BCUT2D eigenvalue weighted by Crippen LogP contribution is -2.33. The van der Waals surface area contributed by atoms with Gasteiger partial charge in [-0.1, -0.05) is 37.3 Å². The SMILES string of the molecule is CC1CCCN(Cc2c(O)ccc3c2OC(=Cc2ccccc2)C3=O)C1. The molecule has 0 radical (unpaired) electrons. The second-order valence-corrected chi connectivity index (χ2v) is 7.27. The van der Waals surface area contributed by atoms with Crippen LogP contribution in [0.5, 0.6) is 11.5 Å². The van der Waals surface area contributed by atoms with Gasteiger partial charge >= 0.3 is 0 Å². The Morgan fingerprint density at radius 3 is 2.81 bits per heavy atom. The summed E-state index contributed by atoms with van der Waals surface area (Å²) >= 11 is 0. The van der Waals surface area contributed by atoms with Crippen LogP contribution in [-0.4, -0.2) is 28.9 Å². The normalized spacial score (nSPS) is 21.7. The van der Waals surface area contributed by atoms with Crippen LogP contribution in [-0.2, 0) is 6.54 Å². The number of hydrogen-bond acceptors (Lipinski definition) is 4. The molecule has 0 aliphatic carbocycles. The third-order valence-electron chi connectivity index (χ3n) is 5.14. The fourth-order valence-corrected chi connectivity index (χ4v) is 3.80. The molecule has 1 saturated heterocycles. The highest BCUT2D eigenvalue weighted by atomic mass is 16.5. The maximum Gasteiger partial charge on any atom is 0.231 e. The molecule has 0 bridgehead atoms. The Morgan fingerprint density at radius 2 is 2.04 bits per heavy atom. The smallest absolute Gasteiger partial charge is 0.231 e. The van der Waals surface area contributed by atoms with E-state index in [1.807, 2.05) is 30.3 Å². The molecule has 2 aliphatic rings. The van der Waals surface area contributed by atoms with Crippen LogP contribution in [0.1, 0.15) is 41.3 Å². The predicted molar refractivity (Wildman–Crippen MR) is 101 cm³/mol. The Bertz CT molecular complexity index is 857. The van der Waals surface area contributed by atoms with Crippen LogP contribution in [0.4, 0.5) is 0 Å². The van der Waals surface area contributed by atoms with Crippen molar-refractivity contribution < 1.29 is 14.6 Å². The van der Waals surface area contributed by atoms with E-state index in [9.17, 15) is 9.90 Å². The number of ketones is 1. The Labute approximate surface area is 153 Å². The highest BCUT2D eigenvalue weighted by molar-refractivity contribution is 6.15. The van der Waals surface area contributed by atoms with Crippen molar-refractivity contribution in [2.45, 2.75) is 26.3 Å². The molecule has 1 fully saturated rings. The molecular weight excluding hydrogens is 326 g/mol. The lowest BCUT2D eigenvalue weighted by Gasteiger charge is -2.31. The summed E-state index contributed by atoms with van der Waals surface area (Å²) in [5.74, 6) is 1.53. The lowest BCUT2D eigenvalue weighted by atomic mass is 9.99. The number of phenolic OH excluding ortho intramolecular Hbond substituents is 1. The number of rotatable bonds is 3. The van der Waals surface area contributed by atoms with Crippen LogP contribution in [0.25, 0.3) is 6.08 Å². The molecule has 1 N–H and O–H groups in total. The summed E-state index contributed by atoms with van der Waals surface area (Å²) in [5, 5.41) is 10.4. The minimum absolute atomic E-state index is 0.128. The Kier molecular flexibility index (Phi) is 4.51. The van der Waals surface area contributed by atoms with Crippen molar-refractivity contribution in [1.82, 2.24) is 4.90 Å². The van der Waals surface area contributed by atoms with Crippen LogP contribution < -0.4 is 4.74 Å². The van der Waals surface area contributed by atoms with Crippen molar-refractivity contribution in [3.8, 4) is 11.5 Å². The van der Waals surface area contributed by atoms with Crippen LogP contribution in [0.3, 0.4) is 0 Å². The quantitative estimate of drug-likeness (QED) is 0.842. The number of nitrogens with zero attached hydrogens (tertiary/aromatic N) is 1. The number of allylic oxidation sites excluding steroid dienone is 1. The maximum absolute atomic E-state index is 12.7. The van der Waals surface area contributed by atoms with Crippen LogP contribution in [0.2, 0.25) is 0 Å². The number of likely N-dealkylation sites (tertiary alicyclic amines) is 1. The first-order valence-electron chi connectivity index (χ1n) is 9.18. The topological polar surface area (TPSA) is 49.8 Å². The van der Waals surface area contributed by atoms with E-state index in [1.54, 1.807) is 18.2 Å². The summed E-state index contributed by atoms with van der Waals surface area (Å²) in [7, 11) is 0. The number of phenols is 1. The van der Waals surface area contributed by atoms with Gasteiger partial charge in [0.2, 0.25) is 5.78 Å². The van der Waals surface area contributed by atoms with Gasteiger partial charge in [0, 0.05) is 13.1 Å². The molecule has 2 heterocycles. The Hall–Kier alpha value is -2.59. The summed E-state index contributed by atoms with van der Waals surface area (Å²) in [6.45, 7) is 4.87. The van der Waals surface area contributed by atoms with Gasteiger partial charge in [-0.15, -0.1) is 0 Å². The highest BCUT2D eigenvalue weighted by Gasteiger charge is 2.32. The highest BCUT2D eigenvalue weighted by Crippen LogP contribution is 2.40. The second-order valence-electron chi connectivity index (χ2n) is 7.27. The molecular formula is C22H23NO3. The average Bonchev–Trinajstić information content (AvgIpc) is 2.95. The fraction of sp³-hybridized carbons (Fsp3) is 0.318. The number of carbonyl (C=O) groups excluding carboxylic acids is 1. The van der Waals surface area contributed by atoms with Crippen LogP contribution in [0.15, 0.2) is 48.2 Å². The minimum atomic E-state index is -0.128. The zero-order valence-electron chi connectivity index (χ0n) is 14.9. The molecule has 0 amide bonds. The molecule has 2 aromatic rings. The monoisotopic (exact) mass is 349 g/mol. The van der Waals surface area contributed by atoms with Crippen molar-refractivity contribution in [3.05, 3.63) is 64.9 Å². The standard InChI is InChI=1S/C22H23NO3/c1-15-6-5-11-23(13-15)14-18-19(24)10-9-17-21(25)20(26-22(17)18)12-16-7-3-2-4-8-16/h2-4,7-10,12,15,24H,5-6,11,13-14H2,1H3. The molecule has 2 aliphatic heterocycles. The molecule has 0 spiro atoms. The van der Waals surface area contributed by atoms with Crippen molar-refractivity contribution >= 4 is 11.9 Å². The van der Waals surface area contributed by atoms with Gasteiger partial charge < -0.3 is 9.84 Å². The second kappa shape index (κ2) is 6.96. The summed E-state index contributed by atoms with van der Waals surface area (Å²) < 4.78 is 5.93. The van der Waals surface area contributed by atoms with E-state index >= 15 is 0 Å². The van der Waals surface area contributed by atoms with Crippen LogP contribution in [0, 0.1) is 5.92 Å². The minimum Gasteiger partial charge on any atom is -0.507 e. The zero-order valence-corrected chi connectivity index (χ0v) is 14.9. The van der Waals surface area contributed by atoms with Crippen molar-refractivity contribution in [3.63, 3.8) is 0 Å². The summed E-state index contributed by atoms with van der Waals surface area (Å²) in [6.07, 6.45) is 4.16. The maximum atomic E-state index is 12.7. The van der Waals surface area contributed by atoms with Gasteiger partial charge in [-0.05, 0) is 49.1 Å². The first-order valence-corrected chi connectivity index (χ1v) is 9.18. The first-order chi connectivity index (χ1) is 12.6. The molecule has 26 heavy (non-hydrogen) atoms. The summed E-state index contributed by atoms with van der Waals surface area (Å²) in [6, 6.07) is 12.9. The van der Waals surface area contributed by atoms with Gasteiger partial charge in [-0.2, -0.15) is 0 Å². The van der Waals surface area contributed by atoms with E-state index in [1.165, 1.54) is 6.42 Å². The largest absolute Gasteiger partial charge is 0.507 e. The number of benzene rings is 2. The summed E-state index contributed by atoms with van der Waals surface area (Å²) in [4.78, 5) is 15.0. The van der Waals surface area contributed by atoms with E-state index in [0.29, 0.717) is 35.1 Å². The number of piperidine rings is 1. The third kappa shape index (κ3) is 3.25. The molecule has 4 heteroatoms. The molecule has 4 nitrogen and oxygen atoms in total. The van der Waals surface area contributed by atoms with Crippen molar-refractivity contribution in [2.24, 2.45) is 5.92 Å². The van der Waals surface area contributed by atoms with Gasteiger partial charge in [-0.3, -0.25) is 9.69 Å². The van der Waals surface area contributed by atoms with Gasteiger partial charge in [0.25, 0.3) is 0 Å². The predicted octanol–water partition coefficient (Wildman–Crippen LogP) is 4.24. The molecule has 1 atom stereocenters. The van der Waals surface area contributed by atoms with E-state index in [0.717, 1.165) is 25.1 Å². The molecule has 4 rings (SSSR count). The zero-order chi connectivity index (χ0) is 18.1. The first kappa shape index (κ1) is 16.9. The van der Waals surface area contributed by atoms with Gasteiger partial charge in [0.05, 0.1) is 11.1 Å². The van der Waals surface area contributed by atoms with E-state index < -0.39 is 0 Å². The Balaban J connectivity index is 1.64. The number of hydrogen-bond donors (Lipinski definition) is 1.